The number of halogens is 1. The predicted octanol–water partition coefficient (Wildman–Crippen LogP) is 2.82. The minimum absolute atomic E-state index is 0.0627. The third-order valence-corrected chi connectivity index (χ3v) is 4.69. The minimum Gasteiger partial charge on any atom is -0.340 e. The number of thiophene rings is 1. The summed E-state index contributed by atoms with van der Waals surface area (Å²) in [5, 5.41) is 16.3. The number of likely N-dealkylation sites (N-methyl/N-ethyl adjacent to an activating group) is 1. The molecule has 0 aliphatic rings. The molecule has 8 heteroatoms. The Labute approximate surface area is 145 Å². The SMILES string of the molecule is CN(Cc1ccsc1)C(=O)Cn1nnc(-c2ccccc2Br)n1. The first-order valence-electron chi connectivity index (χ1n) is 6.91. The summed E-state index contributed by atoms with van der Waals surface area (Å²) in [7, 11) is 1.77. The van der Waals surface area contributed by atoms with Crippen LogP contribution in [0.15, 0.2) is 45.6 Å². The van der Waals surface area contributed by atoms with Gasteiger partial charge >= 0.3 is 0 Å². The van der Waals surface area contributed by atoms with Crippen LogP contribution in [0.5, 0.6) is 0 Å². The highest BCUT2D eigenvalue weighted by atomic mass is 79.9. The molecule has 3 rings (SSSR count). The van der Waals surface area contributed by atoms with Crippen LogP contribution in [0.3, 0.4) is 0 Å². The van der Waals surface area contributed by atoms with Crippen molar-refractivity contribution < 1.29 is 4.79 Å². The second-order valence-electron chi connectivity index (χ2n) is 5.00. The van der Waals surface area contributed by atoms with Gasteiger partial charge in [0, 0.05) is 23.6 Å². The Hall–Kier alpha value is -2.06. The van der Waals surface area contributed by atoms with Gasteiger partial charge in [-0.15, -0.1) is 10.2 Å². The lowest BCUT2D eigenvalue weighted by atomic mass is 10.2. The average molecular weight is 392 g/mol. The van der Waals surface area contributed by atoms with E-state index in [0.717, 1.165) is 15.6 Å². The highest BCUT2D eigenvalue weighted by molar-refractivity contribution is 9.10. The Bertz CT molecular complexity index is 802. The molecule has 0 aliphatic heterocycles. The first kappa shape index (κ1) is 15.8. The molecule has 1 amide bonds. The van der Waals surface area contributed by atoms with E-state index in [1.807, 2.05) is 41.1 Å². The molecule has 0 atom stereocenters. The molecule has 118 valence electrons. The zero-order valence-electron chi connectivity index (χ0n) is 12.4. The van der Waals surface area contributed by atoms with Gasteiger partial charge in [-0.3, -0.25) is 4.79 Å². The van der Waals surface area contributed by atoms with Crippen LogP contribution in [-0.2, 0) is 17.9 Å². The number of nitrogens with zero attached hydrogens (tertiary/aromatic N) is 5. The van der Waals surface area contributed by atoms with Gasteiger partial charge in [-0.05, 0) is 39.7 Å². The molecule has 0 bridgehead atoms. The van der Waals surface area contributed by atoms with Crippen molar-refractivity contribution in [3.8, 4) is 11.4 Å². The zero-order chi connectivity index (χ0) is 16.2. The van der Waals surface area contributed by atoms with Crippen LogP contribution in [0, 0.1) is 0 Å². The van der Waals surface area contributed by atoms with E-state index >= 15 is 0 Å². The average Bonchev–Trinajstić information content (AvgIpc) is 3.19. The van der Waals surface area contributed by atoms with Crippen molar-refractivity contribution in [2.45, 2.75) is 13.1 Å². The fourth-order valence-corrected chi connectivity index (χ4v) is 3.17. The molecule has 6 nitrogen and oxygen atoms in total. The summed E-state index contributed by atoms with van der Waals surface area (Å²) in [4.78, 5) is 15.2. The molecule has 0 saturated carbocycles. The first-order valence-corrected chi connectivity index (χ1v) is 8.65. The minimum atomic E-state index is -0.0627. The number of rotatable bonds is 5. The van der Waals surface area contributed by atoms with Crippen LogP contribution in [0.4, 0.5) is 0 Å². The second kappa shape index (κ2) is 7.01. The third kappa shape index (κ3) is 3.83. The summed E-state index contributed by atoms with van der Waals surface area (Å²) >= 11 is 5.08. The summed E-state index contributed by atoms with van der Waals surface area (Å²) in [6.45, 7) is 0.645. The van der Waals surface area contributed by atoms with E-state index in [9.17, 15) is 4.79 Å². The molecule has 0 unspecified atom stereocenters. The van der Waals surface area contributed by atoms with Crippen LogP contribution in [-0.4, -0.2) is 38.1 Å². The topological polar surface area (TPSA) is 63.9 Å². The molecule has 0 saturated heterocycles. The number of benzene rings is 1. The molecular weight excluding hydrogens is 378 g/mol. The zero-order valence-corrected chi connectivity index (χ0v) is 14.8. The van der Waals surface area contributed by atoms with Crippen LogP contribution in [0.1, 0.15) is 5.56 Å². The Balaban J connectivity index is 1.67. The Morgan fingerprint density at radius 1 is 1.35 bits per heavy atom. The van der Waals surface area contributed by atoms with Crippen molar-refractivity contribution >= 4 is 33.2 Å². The lowest BCUT2D eigenvalue weighted by molar-refractivity contribution is -0.131. The smallest absolute Gasteiger partial charge is 0.246 e. The van der Waals surface area contributed by atoms with Gasteiger partial charge in [0.05, 0.1) is 0 Å². The van der Waals surface area contributed by atoms with E-state index in [0.29, 0.717) is 12.4 Å². The third-order valence-electron chi connectivity index (χ3n) is 3.27. The number of amides is 1. The van der Waals surface area contributed by atoms with Crippen molar-refractivity contribution in [2.24, 2.45) is 0 Å². The largest absolute Gasteiger partial charge is 0.340 e. The van der Waals surface area contributed by atoms with Crippen molar-refractivity contribution in [2.75, 3.05) is 7.05 Å². The van der Waals surface area contributed by atoms with Gasteiger partial charge in [0.15, 0.2) is 0 Å². The Morgan fingerprint density at radius 2 is 2.17 bits per heavy atom. The molecule has 0 fully saturated rings. The summed E-state index contributed by atoms with van der Waals surface area (Å²) in [5.74, 6) is 0.429. The molecule has 1 aromatic carbocycles. The molecule has 3 aromatic rings. The van der Waals surface area contributed by atoms with Crippen molar-refractivity contribution in [3.63, 3.8) is 0 Å². The second-order valence-corrected chi connectivity index (χ2v) is 6.64. The highest BCUT2D eigenvalue weighted by Crippen LogP contribution is 2.24. The number of tetrazole rings is 1. The Morgan fingerprint density at radius 3 is 2.91 bits per heavy atom. The van der Waals surface area contributed by atoms with Crippen molar-refractivity contribution in [1.82, 2.24) is 25.1 Å². The summed E-state index contributed by atoms with van der Waals surface area (Å²) in [5.41, 5.74) is 1.96. The number of aromatic nitrogens is 4. The highest BCUT2D eigenvalue weighted by Gasteiger charge is 2.14. The van der Waals surface area contributed by atoms with E-state index in [-0.39, 0.29) is 12.5 Å². The first-order chi connectivity index (χ1) is 11.1. The van der Waals surface area contributed by atoms with Crippen molar-refractivity contribution in [3.05, 3.63) is 51.1 Å². The van der Waals surface area contributed by atoms with E-state index in [4.69, 9.17) is 0 Å². The van der Waals surface area contributed by atoms with Crippen LogP contribution >= 0.6 is 27.3 Å². The molecular formula is C15H14BrN5OS. The molecule has 0 spiro atoms. The molecule has 0 N–H and O–H groups in total. The summed E-state index contributed by atoms with van der Waals surface area (Å²) < 4.78 is 0.889. The van der Waals surface area contributed by atoms with E-state index in [1.54, 1.807) is 23.3 Å². The van der Waals surface area contributed by atoms with Crippen molar-refractivity contribution in [1.29, 1.82) is 0 Å². The van der Waals surface area contributed by atoms with Gasteiger partial charge in [-0.25, -0.2) is 0 Å². The number of hydrogen-bond acceptors (Lipinski definition) is 5. The maximum absolute atomic E-state index is 12.2. The predicted molar refractivity (Wildman–Crippen MR) is 91.7 cm³/mol. The summed E-state index contributed by atoms with van der Waals surface area (Å²) in [6.07, 6.45) is 0. The van der Waals surface area contributed by atoms with E-state index < -0.39 is 0 Å². The van der Waals surface area contributed by atoms with Gasteiger partial charge < -0.3 is 4.90 Å². The summed E-state index contributed by atoms with van der Waals surface area (Å²) in [6, 6.07) is 9.64. The van der Waals surface area contributed by atoms with Gasteiger partial charge in [-0.1, -0.05) is 28.1 Å². The number of carbonyl (C=O) groups is 1. The standard InChI is InChI=1S/C15H14BrN5OS/c1-20(8-11-6-7-23-10-11)14(22)9-21-18-15(17-19-21)12-4-2-3-5-13(12)16/h2-7,10H,8-9H2,1H3. The normalized spacial score (nSPS) is 10.7. The maximum Gasteiger partial charge on any atom is 0.246 e. The van der Waals surface area contributed by atoms with Crippen LogP contribution in [0.2, 0.25) is 0 Å². The van der Waals surface area contributed by atoms with E-state index in [2.05, 4.69) is 31.3 Å². The molecule has 0 radical (unpaired) electrons. The van der Waals surface area contributed by atoms with Gasteiger partial charge in [0.2, 0.25) is 11.7 Å². The molecule has 23 heavy (non-hydrogen) atoms. The van der Waals surface area contributed by atoms with Crippen LogP contribution < -0.4 is 0 Å². The fourth-order valence-electron chi connectivity index (χ4n) is 2.05. The lowest BCUT2D eigenvalue weighted by Gasteiger charge is -2.15. The maximum atomic E-state index is 12.2. The van der Waals surface area contributed by atoms with Gasteiger partial charge in [-0.2, -0.15) is 16.1 Å². The molecule has 2 heterocycles. The number of hydrogen-bond donors (Lipinski definition) is 0. The molecule has 0 aliphatic carbocycles. The van der Waals surface area contributed by atoms with Crippen LogP contribution in [0.25, 0.3) is 11.4 Å². The van der Waals surface area contributed by atoms with Gasteiger partial charge in [0.1, 0.15) is 6.54 Å². The quantitative estimate of drug-likeness (QED) is 0.670. The van der Waals surface area contributed by atoms with E-state index in [1.165, 1.54) is 4.80 Å². The molecule has 2 aromatic heterocycles. The Kier molecular flexibility index (Phi) is 4.82. The fraction of sp³-hybridized carbons (Fsp3) is 0.200. The van der Waals surface area contributed by atoms with Gasteiger partial charge in [0.25, 0.3) is 0 Å². The number of carbonyl (C=O) groups excluding carboxylic acids is 1. The lowest BCUT2D eigenvalue weighted by Crippen LogP contribution is -2.30. The monoisotopic (exact) mass is 391 g/mol.